The molecule has 1 aliphatic rings. The Labute approximate surface area is 154 Å². The Morgan fingerprint density at radius 2 is 1.28 bits per heavy atom. The molecule has 1 rings (SSSR count). The molecule has 1 unspecified atom stereocenters. The Kier molecular flexibility index (Phi) is 9.06. The Morgan fingerprint density at radius 3 is 1.76 bits per heavy atom. The van der Waals surface area contributed by atoms with Crippen LogP contribution in [0, 0.1) is 5.41 Å². The van der Waals surface area contributed by atoms with Gasteiger partial charge >= 0.3 is 0 Å². The molecule has 144 valence electrons. The molecule has 0 aliphatic heterocycles. The molecule has 1 N–H and O–H groups in total. The van der Waals surface area contributed by atoms with Gasteiger partial charge in [-0.3, -0.25) is 9.59 Å². The maximum absolute atomic E-state index is 12.9. The highest BCUT2D eigenvalue weighted by Gasteiger charge is 2.59. The predicted octanol–water partition coefficient (Wildman–Crippen LogP) is 5.54. The second kappa shape index (κ2) is 10.3. The molecular formula is C22H38O3. The van der Waals surface area contributed by atoms with Crippen molar-refractivity contribution in [2.45, 2.75) is 110 Å². The monoisotopic (exact) mass is 350 g/mol. The summed E-state index contributed by atoms with van der Waals surface area (Å²) in [5.41, 5.74) is -1.02. The van der Waals surface area contributed by atoms with Gasteiger partial charge < -0.3 is 5.11 Å². The summed E-state index contributed by atoms with van der Waals surface area (Å²) < 4.78 is 0. The number of carbonyl (C=O) groups excluding carboxylic acids is 2. The van der Waals surface area contributed by atoms with E-state index in [9.17, 15) is 14.7 Å². The number of allylic oxidation sites excluding steroid dienone is 1. The molecule has 0 spiro atoms. The normalized spacial score (nSPS) is 23.0. The molecule has 0 radical (unpaired) electrons. The third-order valence-electron chi connectivity index (χ3n) is 5.92. The lowest BCUT2D eigenvalue weighted by atomic mass is 9.55. The molecular weight excluding hydrogens is 312 g/mol. The van der Waals surface area contributed by atoms with Gasteiger partial charge in [-0.2, -0.15) is 0 Å². The van der Waals surface area contributed by atoms with E-state index in [2.05, 4.69) is 27.7 Å². The number of hydrogen-bond donors (Lipinski definition) is 1. The van der Waals surface area contributed by atoms with Crippen LogP contribution in [0.4, 0.5) is 0 Å². The molecule has 0 saturated carbocycles. The van der Waals surface area contributed by atoms with Gasteiger partial charge in [0.15, 0.2) is 0 Å². The molecule has 3 heteroatoms. The van der Waals surface area contributed by atoms with E-state index in [0.717, 1.165) is 76.2 Å². The third kappa shape index (κ3) is 4.61. The van der Waals surface area contributed by atoms with Crippen LogP contribution in [0.1, 0.15) is 105 Å². The number of aliphatic hydroxyl groups is 1. The van der Waals surface area contributed by atoms with E-state index in [0.29, 0.717) is 6.42 Å². The van der Waals surface area contributed by atoms with E-state index in [1.165, 1.54) is 0 Å². The molecule has 0 bridgehead atoms. The van der Waals surface area contributed by atoms with E-state index < -0.39 is 22.6 Å². The zero-order valence-electron chi connectivity index (χ0n) is 16.8. The topological polar surface area (TPSA) is 54.4 Å². The van der Waals surface area contributed by atoms with Gasteiger partial charge in [-0.1, -0.05) is 78.2 Å². The molecule has 1 aliphatic carbocycles. The highest BCUT2D eigenvalue weighted by atomic mass is 16.3. The lowest BCUT2D eigenvalue weighted by molar-refractivity contribution is -0.162. The van der Waals surface area contributed by atoms with Crippen LogP contribution in [0.3, 0.4) is 0 Å². The average Bonchev–Trinajstić information content (AvgIpc) is 2.62. The number of rotatable bonds is 12. The summed E-state index contributed by atoms with van der Waals surface area (Å²) in [5, 5.41) is 11.7. The van der Waals surface area contributed by atoms with Gasteiger partial charge in [0.1, 0.15) is 5.60 Å². The molecule has 0 heterocycles. The van der Waals surface area contributed by atoms with Gasteiger partial charge in [-0.25, -0.2) is 0 Å². The standard InChI is InChI=1S/C22H38O3/c1-5-9-13-18-17-19(23)20(24)22(25,16-12-8-4)21(18,14-10-6-2)15-11-7-3/h17,25H,5-16H2,1-4H3. The summed E-state index contributed by atoms with van der Waals surface area (Å²) in [7, 11) is 0. The van der Waals surface area contributed by atoms with Crippen molar-refractivity contribution in [3.8, 4) is 0 Å². The van der Waals surface area contributed by atoms with Crippen LogP contribution in [-0.4, -0.2) is 22.3 Å². The third-order valence-corrected chi connectivity index (χ3v) is 5.92. The van der Waals surface area contributed by atoms with E-state index in [-0.39, 0.29) is 0 Å². The van der Waals surface area contributed by atoms with Crippen LogP contribution >= 0.6 is 0 Å². The first-order valence-corrected chi connectivity index (χ1v) is 10.5. The van der Waals surface area contributed by atoms with Crippen molar-refractivity contribution in [2.75, 3.05) is 0 Å². The first-order chi connectivity index (χ1) is 11.9. The van der Waals surface area contributed by atoms with Gasteiger partial charge in [0.05, 0.1) is 0 Å². The Bertz CT molecular complexity index is 470. The zero-order valence-corrected chi connectivity index (χ0v) is 16.8. The lowest BCUT2D eigenvalue weighted by Crippen LogP contribution is -2.60. The van der Waals surface area contributed by atoms with Crippen LogP contribution in [0.15, 0.2) is 11.6 Å². The Balaban J connectivity index is 3.46. The summed E-state index contributed by atoms with van der Waals surface area (Å²) in [6, 6.07) is 0. The summed E-state index contributed by atoms with van der Waals surface area (Å²) in [5.74, 6) is -1.05. The molecule has 0 amide bonds. The molecule has 0 aromatic heterocycles. The smallest absolute Gasteiger partial charge is 0.234 e. The number of Topliss-reactive ketones (excluding diaryl/α,β-unsaturated/α-hetero) is 1. The highest BCUT2D eigenvalue weighted by molar-refractivity contribution is 6.45. The van der Waals surface area contributed by atoms with Gasteiger partial charge in [0.2, 0.25) is 11.6 Å². The molecule has 3 nitrogen and oxygen atoms in total. The lowest BCUT2D eigenvalue weighted by Gasteiger charge is -2.50. The molecule has 0 aromatic rings. The van der Waals surface area contributed by atoms with Crippen molar-refractivity contribution in [3.63, 3.8) is 0 Å². The quantitative estimate of drug-likeness (QED) is 0.470. The van der Waals surface area contributed by atoms with Crippen LogP contribution < -0.4 is 0 Å². The maximum Gasteiger partial charge on any atom is 0.234 e. The zero-order chi connectivity index (χ0) is 18.9. The number of unbranched alkanes of at least 4 members (excludes halogenated alkanes) is 4. The number of hydrogen-bond acceptors (Lipinski definition) is 3. The van der Waals surface area contributed by atoms with Crippen LogP contribution in [0.25, 0.3) is 0 Å². The van der Waals surface area contributed by atoms with Crippen molar-refractivity contribution < 1.29 is 14.7 Å². The molecule has 0 aromatic carbocycles. The summed E-state index contributed by atoms with van der Waals surface area (Å²) in [4.78, 5) is 25.3. The van der Waals surface area contributed by atoms with Gasteiger partial charge in [0, 0.05) is 5.41 Å². The van der Waals surface area contributed by atoms with Crippen molar-refractivity contribution in [1.82, 2.24) is 0 Å². The van der Waals surface area contributed by atoms with Crippen molar-refractivity contribution in [3.05, 3.63) is 11.6 Å². The fraction of sp³-hybridized carbons (Fsp3) is 0.818. The first kappa shape index (κ1) is 22.1. The molecule has 1 atom stereocenters. The van der Waals surface area contributed by atoms with Crippen LogP contribution in [0.5, 0.6) is 0 Å². The number of carbonyl (C=O) groups is 2. The predicted molar refractivity (Wildman–Crippen MR) is 104 cm³/mol. The maximum atomic E-state index is 12.9. The van der Waals surface area contributed by atoms with E-state index >= 15 is 0 Å². The Hall–Kier alpha value is -0.960. The highest BCUT2D eigenvalue weighted by Crippen LogP contribution is 2.53. The van der Waals surface area contributed by atoms with Crippen molar-refractivity contribution >= 4 is 11.6 Å². The van der Waals surface area contributed by atoms with Crippen LogP contribution in [-0.2, 0) is 9.59 Å². The first-order valence-electron chi connectivity index (χ1n) is 10.5. The summed E-state index contributed by atoms with van der Waals surface area (Å²) in [6.07, 6.45) is 12.2. The molecule has 0 saturated heterocycles. The minimum Gasteiger partial charge on any atom is -0.381 e. The fourth-order valence-electron chi connectivity index (χ4n) is 4.33. The van der Waals surface area contributed by atoms with Gasteiger partial charge in [-0.05, 0) is 38.2 Å². The van der Waals surface area contributed by atoms with Gasteiger partial charge in [0.25, 0.3) is 0 Å². The number of ketones is 2. The average molecular weight is 351 g/mol. The second-order valence-corrected chi connectivity index (χ2v) is 7.72. The molecule has 25 heavy (non-hydrogen) atoms. The molecule has 0 fully saturated rings. The van der Waals surface area contributed by atoms with E-state index in [4.69, 9.17) is 0 Å². The minimum absolute atomic E-state index is 0.408. The largest absolute Gasteiger partial charge is 0.381 e. The summed E-state index contributed by atoms with van der Waals surface area (Å²) in [6.45, 7) is 8.49. The SMILES string of the molecule is CCCCC1=CC(=O)C(=O)C(O)(CCCC)C1(CCCC)CCCC. The van der Waals surface area contributed by atoms with Crippen molar-refractivity contribution in [1.29, 1.82) is 0 Å². The second-order valence-electron chi connectivity index (χ2n) is 7.72. The summed E-state index contributed by atoms with van der Waals surface area (Å²) >= 11 is 0. The van der Waals surface area contributed by atoms with E-state index in [1.807, 2.05) is 0 Å². The minimum atomic E-state index is -1.51. The fourth-order valence-corrected chi connectivity index (χ4v) is 4.33. The van der Waals surface area contributed by atoms with E-state index in [1.54, 1.807) is 6.08 Å². The Morgan fingerprint density at radius 1 is 0.800 bits per heavy atom. The van der Waals surface area contributed by atoms with Gasteiger partial charge in [-0.15, -0.1) is 0 Å². The van der Waals surface area contributed by atoms with Crippen molar-refractivity contribution in [2.24, 2.45) is 5.41 Å². The van der Waals surface area contributed by atoms with Crippen LogP contribution in [0.2, 0.25) is 0 Å².